The van der Waals surface area contributed by atoms with Gasteiger partial charge in [0.2, 0.25) is 0 Å². The van der Waals surface area contributed by atoms with E-state index >= 15 is 0 Å². The van der Waals surface area contributed by atoms with Crippen LogP contribution >= 0.6 is 11.6 Å². The van der Waals surface area contributed by atoms with Gasteiger partial charge in [0.15, 0.2) is 0 Å². The normalized spacial score (nSPS) is 11.3. The number of aromatic nitrogens is 1. The molecule has 0 fully saturated rings. The van der Waals surface area contributed by atoms with Crippen LogP contribution in [0.3, 0.4) is 0 Å². The Morgan fingerprint density at radius 2 is 1.69 bits per heavy atom. The third-order valence-corrected chi connectivity index (χ3v) is 4.54. The number of methoxy groups -OCH3 is 1. The maximum absolute atomic E-state index is 13.4. The van der Waals surface area contributed by atoms with E-state index in [-0.39, 0.29) is 24.5 Å². The number of carbonyl (C=O) groups is 1. The zero-order valence-corrected chi connectivity index (χ0v) is 16.2. The summed E-state index contributed by atoms with van der Waals surface area (Å²) in [6.07, 6.45) is -4.13. The van der Waals surface area contributed by atoms with Crippen LogP contribution in [0.5, 0.6) is 0 Å². The van der Waals surface area contributed by atoms with Crippen molar-refractivity contribution in [2.45, 2.75) is 19.0 Å². The fraction of sp³-hybridized carbons (Fsp3) is 0.182. The number of rotatable bonds is 5. The van der Waals surface area contributed by atoms with Gasteiger partial charge in [-0.25, -0.2) is 4.98 Å². The molecule has 1 aromatic heterocycles. The lowest BCUT2D eigenvalue weighted by Gasteiger charge is -2.12. The third-order valence-electron chi connectivity index (χ3n) is 4.30. The Bertz CT molecular complexity index is 1020. The molecule has 0 bridgehead atoms. The number of nitrogens with zero attached hydrogens (tertiary/aromatic N) is 1. The maximum atomic E-state index is 13.4. The van der Waals surface area contributed by atoms with Crippen molar-refractivity contribution in [1.29, 1.82) is 0 Å². The minimum atomic E-state index is -4.56. The summed E-state index contributed by atoms with van der Waals surface area (Å²) in [7, 11) is 1.32. The van der Waals surface area contributed by atoms with Gasteiger partial charge in [0.25, 0.3) is 0 Å². The Hall–Kier alpha value is -2.86. The molecule has 2 aromatic carbocycles. The van der Waals surface area contributed by atoms with E-state index in [1.807, 2.05) is 0 Å². The molecule has 0 amide bonds. The molecule has 3 nitrogen and oxygen atoms in total. The van der Waals surface area contributed by atoms with Crippen molar-refractivity contribution < 1.29 is 22.7 Å². The van der Waals surface area contributed by atoms with Crippen molar-refractivity contribution in [3.63, 3.8) is 0 Å². The van der Waals surface area contributed by atoms with Crippen molar-refractivity contribution in [1.82, 2.24) is 4.98 Å². The van der Waals surface area contributed by atoms with Gasteiger partial charge in [0, 0.05) is 10.6 Å². The molecule has 0 spiro atoms. The van der Waals surface area contributed by atoms with Crippen LogP contribution in [0, 0.1) is 0 Å². The Morgan fingerprint density at radius 1 is 1.00 bits per heavy atom. The van der Waals surface area contributed by atoms with Crippen molar-refractivity contribution in [2.24, 2.45) is 0 Å². The highest BCUT2D eigenvalue weighted by Crippen LogP contribution is 2.32. The van der Waals surface area contributed by atoms with Gasteiger partial charge in [-0.2, -0.15) is 13.2 Å². The Kier molecular flexibility index (Phi) is 6.23. The van der Waals surface area contributed by atoms with Crippen molar-refractivity contribution in [2.75, 3.05) is 7.11 Å². The quantitative estimate of drug-likeness (QED) is 0.496. The summed E-state index contributed by atoms with van der Waals surface area (Å²) in [5.74, 6) is -0.354. The Balaban J connectivity index is 1.92. The van der Waals surface area contributed by atoms with Crippen LogP contribution in [0.4, 0.5) is 13.2 Å². The van der Waals surface area contributed by atoms with Gasteiger partial charge in [-0.1, -0.05) is 48.0 Å². The van der Waals surface area contributed by atoms with Crippen LogP contribution in [-0.4, -0.2) is 18.1 Å². The van der Waals surface area contributed by atoms with Crippen molar-refractivity contribution in [3.8, 4) is 11.3 Å². The monoisotopic (exact) mass is 419 g/mol. The smallest absolute Gasteiger partial charge is 0.433 e. The highest BCUT2D eigenvalue weighted by molar-refractivity contribution is 6.30. The third kappa shape index (κ3) is 5.57. The van der Waals surface area contributed by atoms with Gasteiger partial charge in [-0.15, -0.1) is 0 Å². The zero-order chi connectivity index (χ0) is 21.0. The van der Waals surface area contributed by atoms with Crippen molar-refractivity contribution >= 4 is 17.6 Å². The molecule has 29 heavy (non-hydrogen) atoms. The lowest BCUT2D eigenvalue weighted by atomic mass is 10.0. The fourth-order valence-electron chi connectivity index (χ4n) is 2.88. The van der Waals surface area contributed by atoms with Crippen molar-refractivity contribution in [3.05, 3.63) is 88.1 Å². The first-order valence-electron chi connectivity index (χ1n) is 8.73. The Labute approximate surface area is 171 Å². The number of hydrogen-bond donors (Lipinski definition) is 0. The summed E-state index contributed by atoms with van der Waals surface area (Å²) in [5.41, 5.74) is 1.83. The van der Waals surface area contributed by atoms with Crippen LogP contribution in [0.25, 0.3) is 11.3 Å². The van der Waals surface area contributed by atoms with Gasteiger partial charge in [-0.05, 0) is 47.4 Å². The molecule has 0 aliphatic carbocycles. The summed E-state index contributed by atoms with van der Waals surface area (Å²) < 4.78 is 44.7. The molecule has 0 aliphatic heterocycles. The first-order chi connectivity index (χ1) is 13.7. The molecule has 0 aliphatic rings. The van der Waals surface area contributed by atoms with E-state index in [4.69, 9.17) is 11.6 Å². The predicted octanol–water partition coefficient (Wildman–Crippen LogP) is 5.73. The topological polar surface area (TPSA) is 39.2 Å². The highest BCUT2D eigenvalue weighted by atomic mass is 35.5. The summed E-state index contributed by atoms with van der Waals surface area (Å²) in [5, 5.41) is 0.421. The average molecular weight is 420 g/mol. The predicted molar refractivity (Wildman–Crippen MR) is 105 cm³/mol. The van der Waals surface area contributed by atoms with E-state index in [2.05, 4.69) is 9.72 Å². The van der Waals surface area contributed by atoms with E-state index in [1.165, 1.54) is 7.11 Å². The second kappa shape index (κ2) is 8.66. The number of carbonyl (C=O) groups excluding carboxylic acids is 1. The average Bonchev–Trinajstić information content (AvgIpc) is 2.68. The number of halogens is 4. The fourth-order valence-corrected chi connectivity index (χ4v) is 3.07. The number of alkyl halides is 3. The molecular weight excluding hydrogens is 403 g/mol. The molecule has 0 saturated carbocycles. The van der Waals surface area contributed by atoms with E-state index in [9.17, 15) is 18.0 Å². The van der Waals surface area contributed by atoms with E-state index in [0.29, 0.717) is 16.1 Å². The highest BCUT2D eigenvalue weighted by Gasteiger charge is 2.33. The summed E-state index contributed by atoms with van der Waals surface area (Å²) in [6.45, 7) is 0. The molecule has 0 unspecified atom stereocenters. The van der Waals surface area contributed by atoms with Gasteiger partial charge >= 0.3 is 12.1 Å². The molecule has 150 valence electrons. The number of hydrogen-bond acceptors (Lipinski definition) is 3. The molecule has 0 radical (unpaired) electrons. The minimum Gasteiger partial charge on any atom is -0.469 e. The SMILES string of the molecule is COC(=O)Cc1ccc(Cc2cc(-c3cccc(Cl)c3)nc(C(F)(F)F)c2)cc1. The van der Waals surface area contributed by atoms with Crippen LogP contribution in [0.1, 0.15) is 22.4 Å². The van der Waals surface area contributed by atoms with Crippen LogP contribution < -0.4 is 0 Å². The minimum absolute atomic E-state index is 0.142. The summed E-state index contributed by atoms with van der Waals surface area (Å²) in [4.78, 5) is 15.1. The van der Waals surface area contributed by atoms with E-state index in [0.717, 1.165) is 17.2 Å². The molecule has 7 heteroatoms. The first kappa shape index (κ1) is 20.9. The number of benzene rings is 2. The molecule has 0 saturated heterocycles. The van der Waals surface area contributed by atoms with Gasteiger partial charge in [0.1, 0.15) is 5.69 Å². The first-order valence-corrected chi connectivity index (χ1v) is 9.11. The molecule has 3 rings (SSSR count). The summed E-state index contributed by atoms with van der Waals surface area (Å²) >= 11 is 5.97. The number of ether oxygens (including phenoxy) is 1. The molecule has 0 N–H and O–H groups in total. The number of pyridine rings is 1. The van der Waals surface area contributed by atoms with Crippen LogP contribution in [-0.2, 0) is 28.5 Å². The summed E-state index contributed by atoms with van der Waals surface area (Å²) in [6, 6.07) is 16.3. The zero-order valence-electron chi connectivity index (χ0n) is 15.5. The molecular formula is C22H17ClF3NO2. The molecule has 1 heterocycles. The largest absolute Gasteiger partial charge is 0.469 e. The lowest BCUT2D eigenvalue weighted by Crippen LogP contribution is -2.10. The van der Waals surface area contributed by atoms with Crippen LogP contribution in [0.2, 0.25) is 5.02 Å². The van der Waals surface area contributed by atoms with Gasteiger partial charge < -0.3 is 4.74 Å². The standard InChI is InChI=1S/C22H17ClF3NO2/c1-29-21(28)12-15-7-5-14(6-8-15)9-16-10-19(17-3-2-4-18(23)13-17)27-20(11-16)22(24,25)26/h2-8,10-11,13H,9,12H2,1H3. The van der Waals surface area contributed by atoms with E-state index < -0.39 is 11.9 Å². The maximum Gasteiger partial charge on any atom is 0.433 e. The Morgan fingerprint density at radius 3 is 2.31 bits per heavy atom. The lowest BCUT2D eigenvalue weighted by molar-refractivity contribution is -0.141. The number of esters is 1. The second-order valence-electron chi connectivity index (χ2n) is 6.50. The molecule has 0 atom stereocenters. The second-order valence-corrected chi connectivity index (χ2v) is 6.94. The van der Waals surface area contributed by atoms with Gasteiger partial charge in [0.05, 0.1) is 19.2 Å². The van der Waals surface area contributed by atoms with Crippen LogP contribution in [0.15, 0.2) is 60.7 Å². The molecule has 3 aromatic rings. The van der Waals surface area contributed by atoms with E-state index in [1.54, 1.807) is 54.6 Å². The van der Waals surface area contributed by atoms with Gasteiger partial charge in [-0.3, -0.25) is 4.79 Å².